The second-order valence-corrected chi connectivity index (χ2v) is 7.74. The average Bonchev–Trinajstić information content (AvgIpc) is 3.30. The normalized spacial score (nSPS) is 44.3. The first-order valence-electron chi connectivity index (χ1n) is 8.18. The van der Waals surface area contributed by atoms with E-state index < -0.39 is 16.9 Å². The van der Waals surface area contributed by atoms with Crippen LogP contribution in [0.2, 0.25) is 0 Å². The third-order valence-electron chi connectivity index (χ3n) is 4.94. The highest BCUT2D eigenvalue weighted by Crippen LogP contribution is 2.48. The van der Waals surface area contributed by atoms with Gasteiger partial charge in [-0.15, -0.1) is 11.6 Å². The summed E-state index contributed by atoms with van der Waals surface area (Å²) >= 11 is 6.45. The minimum atomic E-state index is -0.823. The van der Waals surface area contributed by atoms with E-state index in [4.69, 9.17) is 25.8 Å². The molecule has 5 nitrogen and oxygen atoms in total. The summed E-state index contributed by atoms with van der Waals surface area (Å²) in [6, 6.07) is 0. The molecule has 0 amide bonds. The van der Waals surface area contributed by atoms with Crippen molar-refractivity contribution in [1.82, 2.24) is 0 Å². The Balaban J connectivity index is 1.72. The van der Waals surface area contributed by atoms with Gasteiger partial charge in [-0.3, -0.25) is 4.79 Å². The second kappa shape index (κ2) is 5.93. The van der Waals surface area contributed by atoms with Crippen molar-refractivity contribution in [3.63, 3.8) is 0 Å². The van der Waals surface area contributed by atoms with Gasteiger partial charge in [0.1, 0.15) is 24.4 Å². The predicted molar refractivity (Wildman–Crippen MR) is 80.8 cm³/mol. The highest BCUT2D eigenvalue weighted by atomic mass is 35.5. The summed E-state index contributed by atoms with van der Waals surface area (Å²) in [7, 11) is 0. The number of hydrogen-bond acceptors (Lipinski definition) is 5. The van der Waals surface area contributed by atoms with Gasteiger partial charge in [0, 0.05) is 12.8 Å². The zero-order valence-corrected chi connectivity index (χ0v) is 14.1. The zero-order valence-electron chi connectivity index (χ0n) is 13.3. The summed E-state index contributed by atoms with van der Waals surface area (Å²) < 4.78 is 17.0. The molecule has 3 aliphatic heterocycles. The van der Waals surface area contributed by atoms with Crippen LogP contribution in [0.4, 0.5) is 0 Å². The lowest BCUT2D eigenvalue weighted by Gasteiger charge is -2.30. The fourth-order valence-electron chi connectivity index (χ4n) is 3.30. The molecule has 7 atom stereocenters. The third-order valence-corrected chi connectivity index (χ3v) is 5.73. The Labute approximate surface area is 136 Å². The van der Waals surface area contributed by atoms with Crippen LogP contribution < -0.4 is 0 Å². The Morgan fingerprint density at radius 3 is 2.73 bits per heavy atom. The molecule has 0 aliphatic carbocycles. The molecular formula is C16H25ClO5. The maximum atomic E-state index is 12.5. The van der Waals surface area contributed by atoms with Crippen LogP contribution in [0.25, 0.3) is 0 Å². The number of alkyl halides is 1. The molecule has 3 aliphatic rings. The van der Waals surface area contributed by atoms with Gasteiger partial charge in [0.2, 0.25) is 0 Å². The van der Waals surface area contributed by atoms with E-state index in [1.807, 2.05) is 6.92 Å². The van der Waals surface area contributed by atoms with Crippen molar-refractivity contribution in [2.45, 2.75) is 88.5 Å². The number of cyclic esters (lactones) is 1. The van der Waals surface area contributed by atoms with Crippen molar-refractivity contribution in [1.29, 1.82) is 0 Å². The summed E-state index contributed by atoms with van der Waals surface area (Å²) in [6.07, 6.45) is 1.86. The largest absolute Gasteiger partial charge is 0.462 e. The van der Waals surface area contributed by atoms with Crippen LogP contribution in [0.15, 0.2) is 0 Å². The Hall–Kier alpha value is -0.360. The van der Waals surface area contributed by atoms with Crippen LogP contribution in [-0.4, -0.2) is 53.1 Å². The number of esters is 1. The van der Waals surface area contributed by atoms with E-state index in [1.165, 1.54) is 0 Å². The lowest BCUT2D eigenvalue weighted by Crippen LogP contribution is -2.42. The number of rotatable bonds is 4. The third kappa shape index (κ3) is 3.14. The molecule has 22 heavy (non-hydrogen) atoms. The standard InChI is InChI=1S/C16H25ClO5/c1-4-5-8(18)6-9-7-10-11(21-10)12-13(22-12)14(17)16(2,3)15(19)20-9/h8-14,18H,4-7H2,1-3H3/t8-,9-,10-,11-,12-,13-,14+/m1/s1. The molecule has 0 radical (unpaired) electrons. The van der Waals surface area contributed by atoms with Gasteiger partial charge in [-0.25, -0.2) is 0 Å². The fourth-order valence-corrected chi connectivity index (χ4v) is 3.60. The van der Waals surface area contributed by atoms with Crippen molar-refractivity contribution in [3.05, 3.63) is 0 Å². The van der Waals surface area contributed by atoms with Crippen LogP contribution >= 0.6 is 11.6 Å². The van der Waals surface area contributed by atoms with Crippen molar-refractivity contribution < 1.29 is 24.1 Å². The lowest BCUT2D eigenvalue weighted by molar-refractivity contribution is -0.162. The molecule has 6 heteroatoms. The van der Waals surface area contributed by atoms with Crippen LogP contribution in [-0.2, 0) is 19.0 Å². The summed E-state index contributed by atoms with van der Waals surface area (Å²) in [5, 5.41) is 9.60. The number of carbonyl (C=O) groups is 1. The molecule has 126 valence electrons. The first kappa shape index (κ1) is 16.5. The maximum Gasteiger partial charge on any atom is 0.313 e. The van der Waals surface area contributed by atoms with Crippen LogP contribution in [0.5, 0.6) is 0 Å². The van der Waals surface area contributed by atoms with Crippen molar-refractivity contribution in [2.24, 2.45) is 5.41 Å². The molecule has 3 heterocycles. The Morgan fingerprint density at radius 1 is 1.32 bits per heavy atom. The monoisotopic (exact) mass is 332 g/mol. The number of hydrogen-bond donors (Lipinski definition) is 1. The van der Waals surface area contributed by atoms with Crippen molar-refractivity contribution in [3.8, 4) is 0 Å². The molecule has 0 aromatic carbocycles. The fraction of sp³-hybridized carbons (Fsp3) is 0.938. The van der Waals surface area contributed by atoms with E-state index in [9.17, 15) is 9.90 Å². The van der Waals surface area contributed by atoms with Gasteiger partial charge in [-0.2, -0.15) is 0 Å². The van der Waals surface area contributed by atoms with Gasteiger partial charge in [-0.1, -0.05) is 13.3 Å². The molecule has 3 rings (SSSR count). The summed E-state index contributed by atoms with van der Waals surface area (Å²) in [5.74, 6) is -0.324. The van der Waals surface area contributed by atoms with Crippen molar-refractivity contribution in [2.75, 3.05) is 0 Å². The molecule has 0 bridgehead atoms. The Bertz CT molecular complexity index is 440. The number of ether oxygens (including phenoxy) is 3. The van der Waals surface area contributed by atoms with Gasteiger partial charge >= 0.3 is 5.97 Å². The molecule has 0 aromatic rings. The van der Waals surface area contributed by atoms with Crippen molar-refractivity contribution >= 4 is 17.6 Å². The average molecular weight is 333 g/mol. The molecule has 1 N–H and O–H groups in total. The Kier molecular flexibility index (Phi) is 4.45. The molecule has 3 saturated heterocycles. The number of aliphatic hydroxyl groups excluding tert-OH is 1. The molecule has 0 saturated carbocycles. The highest BCUT2D eigenvalue weighted by Gasteiger charge is 2.63. The van der Waals surface area contributed by atoms with Crippen LogP contribution in [0, 0.1) is 5.41 Å². The number of halogens is 1. The minimum Gasteiger partial charge on any atom is -0.462 e. The molecule has 0 spiro atoms. The van der Waals surface area contributed by atoms with E-state index in [1.54, 1.807) is 13.8 Å². The van der Waals surface area contributed by atoms with Gasteiger partial charge in [0.15, 0.2) is 0 Å². The summed E-state index contributed by atoms with van der Waals surface area (Å²) in [5.41, 5.74) is -0.823. The summed E-state index contributed by atoms with van der Waals surface area (Å²) in [4.78, 5) is 12.5. The minimum absolute atomic E-state index is 0.00103. The van der Waals surface area contributed by atoms with Gasteiger partial charge < -0.3 is 19.3 Å². The first-order chi connectivity index (χ1) is 10.3. The van der Waals surface area contributed by atoms with Crippen LogP contribution in [0.3, 0.4) is 0 Å². The molecule has 0 unspecified atom stereocenters. The second-order valence-electron chi connectivity index (χ2n) is 7.27. The number of aliphatic hydroxyl groups is 1. The highest BCUT2D eigenvalue weighted by molar-refractivity contribution is 6.23. The van der Waals surface area contributed by atoms with E-state index >= 15 is 0 Å². The van der Waals surface area contributed by atoms with Gasteiger partial charge in [0.25, 0.3) is 0 Å². The lowest BCUT2D eigenvalue weighted by atomic mass is 9.85. The van der Waals surface area contributed by atoms with E-state index in [0.29, 0.717) is 19.3 Å². The molecule has 0 aromatic heterocycles. The Morgan fingerprint density at radius 2 is 2.05 bits per heavy atom. The van der Waals surface area contributed by atoms with E-state index in [0.717, 1.165) is 6.42 Å². The molecule has 3 fully saturated rings. The summed E-state index contributed by atoms with van der Waals surface area (Å²) in [6.45, 7) is 5.60. The topological polar surface area (TPSA) is 71.6 Å². The quantitative estimate of drug-likeness (QED) is 0.484. The SMILES string of the molecule is CCC[C@@H](O)C[C@@H]1C[C@H]2O[C@H]2[C@H]2O[C@H]2[C@H](Cl)C(C)(C)C(=O)O1. The van der Waals surface area contributed by atoms with Gasteiger partial charge in [0.05, 0.1) is 23.0 Å². The number of epoxide rings is 2. The molecular weight excluding hydrogens is 308 g/mol. The van der Waals surface area contributed by atoms with Gasteiger partial charge in [-0.05, 0) is 20.3 Å². The van der Waals surface area contributed by atoms with Crippen LogP contribution in [0.1, 0.15) is 46.5 Å². The van der Waals surface area contributed by atoms with E-state index in [2.05, 4.69) is 0 Å². The maximum absolute atomic E-state index is 12.5. The smallest absolute Gasteiger partial charge is 0.313 e. The number of carbonyl (C=O) groups excluding carboxylic acids is 1. The van der Waals surface area contributed by atoms with E-state index in [-0.39, 0.29) is 36.5 Å². The predicted octanol–water partition coefficient (Wildman–Crippen LogP) is 2.02. The first-order valence-corrected chi connectivity index (χ1v) is 8.62. The number of fused-ring (bicyclic) bond motifs is 3. The zero-order chi connectivity index (χ0) is 16.1.